The lowest BCUT2D eigenvalue weighted by Crippen LogP contribution is -2.52. The number of carbonyl (C=O) groups is 3. The summed E-state index contributed by atoms with van der Waals surface area (Å²) in [7, 11) is -4.12. The van der Waals surface area contributed by atoms with Crippen LogP contribution in [0, 0.1) is 0 Å². The third-order valence-corrected chi connectivity index (χ3v) is 4.85. The Morgan fingerprint density at radius 3 is 1.96 bits per heavy atom. The van der Waals surface area contributed by atoms with Gasteiger partial charge < -0.3 is 15.4 Å². The van der Waals surface area contributed by atoms with Gasteiger partial charge in [0.1, 0.15) is 17.7 Å². The molecule has 0 saturated carbocycles. The van der Waals surface area contributed by atoms with Gasteiger partial charge in [-0.1, -0.05) is 11.6 Å². The van der Waals surface area contributed by atoms with Gasteiger partial charge in [-0.3, -0.25) is 9.59 Å². The maximum absolute atomic E-state index is 12.2. The fraction of sp³-hybridized carbons (Fsp3) is 0.471. The summed E-state index contributed by atoms with van der Waals surface area (Å²) in [6.07, 6.45) is -0.794. The lowest BCUT2D eigenvalue weighted by atomic mass is 10.2. The number of carbonyl (C=O) groups excluding carboxylic acids is 3. The highest BCUT2D eigenvalue weighted by atomic mass is 35.5. The lowest BCUT2D eigenvalue weighted by Gasteiger charge is -2.22. The molecular weight excluding hydrogens is 410 g/mol. The van der Waals surface area contributed by atoms with Crippen LogP contribution < -0.4 is 15.4 Å². The van der Waals surface area contributed by atoms with Gasteiger partial charge in [0.05, 0.1) is 4.90 Å². The molecule has 0 bridgehead atoms. The molecule has 0 fully saturated rings. The first-order valence-electron chi connectivity index (χ1n) is 8.33. The highest BCUT2D eigenvalue weighted by Crippen LogP contribution is 2.14. The Morgan fingerprint density at radius 1 is 0.964 bits per heavy atom. The van der Waals surface area contributed by atoms with Crippen molar-refractivity contribution in [2.45, 2.75) is 57.2 Å². The molecule has 2 atom stereocenters. The molecular formula is C17H24ClN3O6S. The average Bonchev–Trinajstić information content (AvgIpc) is 2.52. The Balaban J connectivity index is 2.64. The molecule has 1 rings (SSSR count). The Bertz CT molecular complexity index is 833. The van der Waals surface area contributed by atoms with Crippen molar-refractivity contribution in [1.29, 1.82) is 0 Å². The van der Waals surface area contributed by atoms with Gasteiger partial charge in [-0.15, -0.1) is 0 Å². The molecule has 0 unspecified atom stereocenters. The Kier molecular flexibility index (Phi) is 7.83. The third-order valence-electron chi connectivity index (χ3n) is 3.24. The summed E-state index contributed by atoms with van der Waals surface area (Å²) in [4.78, 5) is 35.8. The van der Waals surface area contributed by atoms with Crippen LogP contribution in [0.5, 0.6) is 0 Å². The minimum atomic E-state index is -4.12. The predicted octanol–water partition coefficient (Wildman–Crippen LogP) is 1.56. The summed E-state index contributed by atoms with van der Waals surface area (Å²) in [6, 6.07) is 3.06. The number of amides is 3. The van der Waals surface area contributed by atoms with Gasteiger partial charge in [-0.25, -0.2) is 17.9 Å². The first kappa shape index (κ1) is 23.7. The fourth-order valence-electron chi connectivity index (χ4n) is 1.85. The van der Waals surface area contributed by atoms with Crippen molar-refractivity contribution < 1.29 is 27.5 Å². The molecule has 156 valence electrons. The molecule has 1 aromatic carbocycles. The third kappa shape index (κ3) is 7.73. The summed E-state index contributed by atoms with van der Waals surface area (Å²) in [5.41, 5.74) is -0.733. The molecule has 0 aliphatic heterocycles. The van der Waals surface area contributed by atoms with Gasteiger partial charge in [0.15, 0.2) is 0 Å². The quantitative estimate of drug-likeness (QED) is 0.624. The summed E-state index contributed by atoms with van der Waals surface area (Å²) in [6.45, 7) is 7.72. The van der Waals surface area contributed by atoms with E-state index in [-0.39, 0.29) is 4.90 Å². The molecule has 3 N–H and O–H groups in total. The molecule has 0 heterocycles. The fourth-order valence-corrected chi connectivity index (χ4v) is 3.03. The van der Waals surface area contributed by atoms with Crippen molar-refractivity contribution in [1.82, 2.24) is 15.4 Å². The molecule has 0 spiro atoms. The van der Waals surface area contributed by atoms with Crippen molar-refractivity contribution in [3.05, 3.63) is 29.3 Å². The van der Waals surface area contributed by atoms with E-state index in [0.29, 0.717) is 5.02 Å². The summed E-state index contributed by atoms with van der Waals surface area (Å²) in [5.74, 6) is -1.62. The van der Waals surface area contributed by atoms with Crippen molar-refractivity contribution in [3.63, 3.8) is 0 Å². The summed E-state index contributed by atoms with van der Waals surface area (Å²) < 4.78 is 31.3. The van der Waals surface area contributed by atoms with E-state index >= 15 is 0 Å². The molecule has 9 nitrogen and oxygen atoms in total. The van der Waals surface area contributed by atoms with Crippen molar-refractivity contribution in [2.75, 3.05) is 0 Å². The van der Waals surface area contributed by atoms with Crippen LogP contribution in [0.15, 0.2) is 29.2 Å². The largest absolute Gasteiger partial charge is 0.444 e. The SMILES string of the molecule is C[C@@H](NC(=O)OC(C)(C)C)C(=O)N[C@H](C)C(=O)NS(=O)(=O)c1ccc(Cl)cc1. The predicted molar refractivity (Wildman–Crippen MR) is 103 cm³/mol. The average molecular weight is 434 g/mol. The Hall–Kier alpha value is -2.33. The first-order valence-corrected chi connectivity index (χ1v) is 10.2. The zero-order chi connectivity index (χ0) is 21.7. The maximum atomic E-state index is 12.2. The molecule has 28 heavy (non-hydrogen) atoms. The number of hydrogen-bond donors (Lipinski definition) is 3. The molecule has 11 heteroatoms. The number of ether oxygens (including phenoxy) is 1. The second-order valence-corrected chi connectivity index (χ2v) is 9.14. The monoisotopic (exact) mass is 433 g/mol. The molecule has 3 amide bonds. The second-order valence-electron chi connectivity index (χ2n) is 7.02. The van der Waals surface area contributed by atoms with Crippen molar-refractivity contribution >= 4 is 39.5 Å². The van der Waals surface area contributed by atoms with Crippen LogP contribution in [0.2, 0.25) is 5.02 Å². The number of rotatable bonds is 6. The molecule has 1 aromatic rings. The summed E-state index contributed by atoms with van der Waals surface area (Å²) >= 11 is 5.71. The van der Waals surface area contributed by atoms with Gasteiger partial charge in [-0.2, -0.15) is 0 Å². The number of benzene rings is 1. The number of alkyl carbamates (subject to hydrolysis) is 1. The topological polar surface area (TPSA) is 131 Å². The van der Waals surface area contributed by atoms with Crippen LogP contribution in [-0.4, -0.2) is 44.0 Å². The number of halogens is 1. The normalized spacial score (nSPS) is 13.8. The van der Waals surface area contributed by atoms with Crippen LogP contribution in [0.3, 0.4) is 0 Å². The van der Waals surface area contributed by atoms with Gasteiger partial charge in [0.2, 0.25) is 5.91 Å². The van der Waals surface area contributed by atoms with Crippen LogP contribution in [0.25, 0.3) is 0 Å². The highest BCUT2D eigenvalue weighted by molar-refractivity contribution is 7.90. The van der Waals surface area contributed by atoms with E-state index in [2.05, 4.69) is 10.6 Å². The van der Waals surface area contributed by atoms with Gasteiger partial charge >= 0.3 is 6.09 Å². The van der Waals surface area contributed by atoms with E-state index < -0.39 is 45.6 Å². The lowest BCUT2D eigenvalue weighted by molar-refractivity contribution is -0.128. The standard InChI is InChI=1S/C17H24ClN3O6S/c1-10(20-16(24)27-17(3,4)5)14(22)19-11(2)15(23)21-28(25,26)13-8-6-12(18)7-9-13/h6-11H,1-5H3,(H,19,22)(H,20,24)(H,21,23)/t10-,11-/m1/s1. The zero-order valence-corrected chi connectivity index (χ0v) is 17.8. The highest BCUT2D eigenvalue weighted by Gasteiger charge is 2.26. The smallest absolute Gasteiger partial charge is 0.408 e. The van der Waals surface area contributed by atoms with E-state index in [0.717, 1.165) is 0 Å². The maximum Gasteiger partial charge on any atom is 0.408 e. The molecule has 0 radical (unpaired) electrons. The minimum Gasteiger partial charge on any atom is -0.444 e. The van der Waals surface area contributed by atoms with Gasteiger partial charge in [-0.05, 0) is 58.9 Å². The molecule has 0 aliphatic carbocycles. The number of hydrogen-bond acceptors (Lipinski definition) is 6. The minimum absolute atomic E-state index is 0.149. The summed E-state index contributed by atoms with van der Waals surface area (Å²) in [5, 5.41) is 4.99. The van der Waals surface area contributed by atoms with Crippen LogP contribution in [0.1, 0.15) is 34.6 Å². The van der Waals surface area contributed by atoms with E-state index in [1.165, 1.54) is 38.1 Å². The van der Waals surface area contributed by atoms with Gasteiger partial charge in [0.25, 0.3) is 15.9 Å². The van der Waals surface area contributed by atoms with E-state index in [4.69, 9.17) is 16.3 Å². The van der Waals surface area contributed by atoms with E-state index in [1.807, 2.05) is 4.72 Å². The van der Waals surface area contributed by atoms with Crippen molar-refractivity contribution in [3.8, 4) is 0 Å². The van der Waals surface area contributed by atoms with Crippen LogP contribution in [-0.2, 0) is 24.3 Å². The van der Waals surface area contributed by atoms with Crippen molar-refractivity contribution in [2.24, 2.45) is 0 Å². The number of nitrogens with one attached hydrogen (secondary N) is 3. The van der Waals surface area contributed by atoms with E-state index in [9.17, 15) is 22.8 Å². The first-order chi connectivity index (χ1) is 12.7. The zero-order valence-electron chi connectivity index (χ0n) is 16.2. The molecule has 0 aromatic heterocycles. The van der Waals surface area contributed by atoms with Crippen LogP contribution in [0.4, 0.5) is 4.79 Å². The van der Waals surface area contributed by atoms with E-state index in [1.54, 1.807) is 20.8 Å². The van der Waals surface area contributed by atoms with Gasteiger partial charge in [0, 0.05) is 5.02 Å². The number of sulfonamides is 1. The van der Waals surface area contributed by atoms with Crippen LogP contribution >= 0.6 is 11.6 Å². The molecule has 0 saturated heterocycles. The Morgan fingerprint density at radius 2 is 1.46 bits per heavy atom. The Labute approximate surface area is 169 Å². The second kappa shape index (κ2) is 9.24. The molecule has 0 aliphatic rings.